The SMILES string of the molecule is NC(=O)Oc1cccc(Cc2ccccc2F)c1CC1C2CCC1CN(Cc1ccccc1)C2. The fraction of sp³-hybridized carbons (Fsp3) is 0.345. The normalized spacial score (nSPS) is 22.0. The summed E-state index contributed by atoms with van der Waals surface area (Å²) in [5.74, 6) is 2.01. The van der Waals surface area contributed by atoms with Gasteiger partial charge in [0.25, 0.3) is 0 Å². The van der Waals surface area contributed by atoms with Crippen molar-refractivity contribution in [1.82, 2.24) is 4.90 Å². The molecule has 2 unspecified atom stereocenters. The number of carbonyl (C=O) groups excluding carboxylic acids is 1. The summed E-state index contributed by atoms with van der Waals surface area (Å²) in [7, 11) is 0. The third-order valence-electron chi connectivity index (χ3n) is 7.57. The number of amides is 1. The maximum absolute atomic E-state index is 14.4. The summed E-state index contributed by atoms with van der Waals surface area (Å²) in [6, 6.07) is 23.2. The molecule has 1 amide bonds. The quantitative estimate of drug-likeness (QED) is 0.503. The minimum absolute atomic E-state index is 0.219. The highest BCUT2D eigenvalue weighted by atomic mass is 19.1. The Hall–Kier alpha value is -3.18. The van der Waals surface area contributed by atoms with Crippen LogP contribution < -0.4 is 10.5 Å². The highest BCUT2D eigenvalue weighted by molar-refractivity contribution is 5.69. The molecular weight excluding hydrogens is 427 g/mol. The second kappa shape index (κ2) is 9.98. The van der Waals surface area contributed by atoms with Crippen LogP contribution in [0.3, 0.4) is 0 Å². The lowest BCUT2D eigenvalue weighted by Gasteiger charge is -2.38. The Morgan fingerprint density at radius 1 is 0.912 bits per heavy atom. The van der Waals surface area contributed by atoms with Crippen LogP contribution >= 0.6 is 0 Å². The molecule has 2 N–H and O–H groups in total. The molecule has 2 atom stereocenters. The molecule has 0 spiro atoms. The lowest BCUT2D eigenvalue weighted by molar-refractivity contribution is 0.103. The Labute approximate surface area is 200 Å². The number of carbonyl (C=O) groups is 1. The van der Waals surface area contributed by atoms with Gasteiger partial charge in [0.15, 0.2) is 0 Å². The number of rotatable bonds is 7. The summed E-state index contributed by atoms with van der Waals surface area (Å²) in [5, 5.41) is 0. The van der Waals surface area contributed by atoms with E-state index in [0.717, 1.165) is 37.2 Å². The number of ether oxygens (including phenoxy) is 1. The number of piperidine rings is 1. The minimum Gasteiger partial charge on any atom is -0.410 e. The molecule has 2 bridgehead atoms. The van der Waals surface area contributed by atoms with Crippen molar-refractivity contribution >= 4 is 6.09 Å². The van der Waals surface area contributed by atoms with Crippen molar-refractivity contribution in [3.05, 3.63) is 101 Å². The highest BCUT2D eigenvalue weighted by Crippen LogP contribution is 2.45. The van der Waals surface area contributed by atoms with E-state index in [2.05, 4.69) is 35.2 Å². The van der Waals surface area contributed by atoms with Crippen LogP contribution in [0.5, 0.6) is 5.75 Å². The van der Waals surface area contributed by atoms with E-state index in [1.807, 2.05) is 24.3 Å². The molecule has 3 aromatic carbocycles. The van der Waals surface area contributed by atoms with Crippen molar-refractivity contribution in [2.24, 2.45) is 23.5 Å². The summed E-state index contributed by atoms with van der Waals surface area (Å²) in [4.78, 5) is 14.2. The second-order valence-corrected chi connectivity index (χ2v) is 9.73. The molecule has 1 saturated carbocycles. The molecule has 2 aliphatic rings. The summed E-state index contributed by atoms with van der Waals surface area (Å²) in [6.07, 6.45) is 2.91. The number of primary amides is 1. The van der Waals surface area contributed by atoms with Gasteiger partial charge in [-0.1, -0.05) is 60.7 Å². The molecule has 5 rings (SSSR count). The molecular formula is C29H31FN2O2. The zero-order valence-corrected chi connectivity index (χ0v) is 19.3. The first-order chi connectivity index (χ1) is 16.6. The molecule has 1 saturated heterocycles. The highest BCUT2D eigenvalue weighted by Gasteiger charge is 2.42. The van der Waals surface area contributed by atoms with Gasteiger partial charge < -0.3 is 10.5 Å². The van der Waals surface area contributed by atoms with Gasteiger partial charge in [-0.3, -0.25) is 4.90 Å². The van der Waals surface area contributed by atoms with Gasteiger partial charge in [0.1, 0.15) is 11.6 Å². The van der Waals surface area contributed by atoms with Crippen LogP contribution in [0, 0.1) is 23.6 Å². The predicted molar refractivity (Wildman–Crippen MR) is 131 cm³/mol. The number of nitrogens with zero attached hydrogens (tertiary/aromatic N) is 1. The Bertz CT molecular complexity index is 1140. The summed E-state index contributed by atoms with van der Waals surface area (Å²) in [6.45, 7) is 3.15. The molecule has 1 heterocycles. The van der Waals surface area contributed by atoms with Gasteiger partial charge in [0.2, 0.25) is 0 Å². The van der Waals surface area contributed by atoms with Gasteiger partial charge in [0, 0.05) is 26.1 Å². The van der Waals surface area contributed by atoms with Crippen LogP contribution in [0.25, 0.3) is 0 Å². The predicted octanol–water partition coefficient (Wildman–Crippen LogP) is 5.57. The van der Waals surface area contributed by atoms with E-state index >= 15 is 0 Å². The van der Waals surface area contributed by atoms with Crippen molar-refractivity contribution in [3.63, 3.8) is 0 Å². The number of nitrogens with two attached hydrogens (primary N) is 1. The third-order valence-corrected chi connectivity index (χ3v) is 7.57. The van der Waals surface area contributed by atoms with Gasteiger partial charge in [-0.25, -0.2) is 9.18 Å². The topological polar surface area (TPSA) is 55.6 Å². The van der Waals surface area contributed by atoms with E-state index in [4.69, 9.17) is 10.5 Å². The van der Waals surface area contributed by atoms with Crippen molar-refractivity contribution in [3.8, 4) is 5.75 Å². The maximum Gasteiger partial charge on any atom is 0.409 e. The Balaban J connectivity index is 1.38. The first-order valence-electron chi connectivity index (χ1n) is 12.1. The maximum atomic E-state index is 14.4. The standard InChI is InChI=1S/C29H31FN2O2/c30-27-11-5-4-9-22(27)15-21-10-6-12-28(34-29(31)33)26(21)16-25-23-13-14-24(25)19-32(18-23)17-20-7-2-1-3-8-20/h1-12,23-25H,13-19H2,(H2,31,33). The van der Waals surface area contributed by atoms with Gasteiger partial charge in [-0.05, 0) is 71.4 Å². The lowest BCUT2D eigenvalue weighted by Crippen LogP contribution is -2.42. The molecule has 1 aliphatic carbocycles. The average Bonchev–Trinajstić information content (AvgIpc) is 3.05. The first-order valence-corrected chi connectivity index (χ1v) is 12.1. The van der Waals surface area contributed by atoms with Crippen molar-refractivity contribution in [2.45, 2.75) is 32.2 Å². The van der Waals surface area contributed by atoms with Gasteiger partial charge in [-0.2, -0.15) is 0 Å². The van der Waals surface area contributed by atoms with E-state index in [1.165, 1.54) is 24.5 Å². The van der Waals surface area contributed by atoms with Crippen molar-refractivity contribution in [2.75, 3.05) is 13.1 Å². The number of halogens is 1. The van der Waals surface area contributed by atoms with E-state index in [0.29, 0.717) is 35.5 Å². The largest absolute Gasteiger partial charge is 0.410 e. The van der Waals surface area contributed by atoms with E-state index < -0.39 is 6.09 Å². The molecule has 34 heavy (non-hydrogen) atoms. The fourth-order valence-corrected chi connectivity index (χ4v) is 6.03. The van der Waals surface area contributed by atoms with Crippen LogP contribution in [-0.4, -0.2) is 24.1 Å². The second-order valence-electron chi connectivity index (χ2n) is 9.73. The van der Waals surface area contributed by atoms with Gasteiger partial charge in [0.05, 0.1) is 0 Å². The van der Waals surface area contributed by atoms with Crippen molar-refractivity contribution in [1.29, 1.82) is 0 Å². The molecule has 176 valence electrons. The Morgan fingerprint density at radius 3 is 2.29 bits per heavy atom. The first kappa shape index (κ1) is 22.6. The molecule has 0 radical (unpaired) electrons. The van der Waals surface area contributed by atoms with Gasteiger partial charge >= 0.3 is 6.09 Å². The summed E-state index contributed by atoms with van der Waals surface area (Å²) >= 11 is 0. The van der Waals surface area contributed by atoms with E-state index in [1.54, 1.807) is 12.1 Å². The van der Waals surface area contributed by atoms with Crippen LogP contribution in [0.15, 0.2) is 72.8 Å². The average molecular weight is 459 g/mol. The van der Waals surface area contributed by atoms with Crippen LogP contribution in [-0.2, 0) is 19.4 Å². The number of benzene rings is 3. The minimum atomic E-state index is -0.815. The van der Waals surface area contributed by atoms with Crippen molar-refractivity contribution < 1.29 is 13.9 Å². The zero-order chi connectivity index (χ0) is 23.5. The molecule has 2 fully saturated rings. The zero-order valence-electron chi connectivity index (χ0n) is 19.3. The van der Waals surface area contributed by atoms with Crippen LogP contribution in [0.1, 0.15) is 35.1 Å². The lowest BCUT2D eigenvalue weighted by atomic mass is 9.79. The van der Waals surface area contributed by atoms with Crippen LogP contribution in [0.2, 0.25) is 0 Å². The fourth-order valence-electron chi connectivity index (χ4n) is 6.03. The molecule has 0 aromatic heterocycles. The number of fused-ring (bicyclic) bond motifs is 2. The van der Waals surface area contributed by atoms with E-state index in [-0.39, 0.29) is 5.82 Å². The number of hydrogen-bond acceptors (Lipinski definition) is 3. The molecule has 1 aliphatic heterocycles. The Morgan fingerprint density at radius 2 is 1.59 bits per heavy atom. The Kier molecular flexibility index (Phi) is 6.63. The van der Waals surface area contributed by atoms with E-state index in [9.17, 15) is 9.18 Å². The summed E-state index contributed by atoms with van der Waals surface area (Å²) in [5.41, 5.74) is 9.36. The summed E-state index contributed by atoms with van der Waals surface area (Å²) < 4.78 is 19.8. The third kappa shape index (κ3) is 5.00. The number of hydrogen-bond donors (Lipinski definition) is 1. The smallest absolute Gasteiger partial charge is 0.409 e. The monoisotopic (exact) mass is 458 g/mol. The molecule has 4 nitrogen and oxygen atoms in total. The molecule has 3 aromatic rings. The van der Waals surface area contributed by atoms with Gasteiger partial charge in [-0.15, -0.1) is 0 Å². The van der Waals surface area contributed by atoms with Crippen LogP contribution in [0.4, 0.5) is 9.18 Å². The number of likely N-dealkylation sites (tertiary alicyclic amines) is 1. The molecule has 5 heteroatoms.